The van der Waals surface area contributed by atoms with Gasteiger partial charge in [-0.25, -0.2) is 4.68 Å². The molecule has 0 aliphatic heterocycles. The molecule has 0 atom stereocenters. The van der Waals surface area contributed by atoms with Crippen molar-refractivity contribution in [2.75, 3.05) is 6.26 Å². The van der Waals surface area contributed by atoms with Gasteiger partial charge in [-0.2, -0.15) is 5.10 Å². The molecule has 0 saturated heterocycles. The number of nitrogens with zero attached hydrogens (tertiary/aromatic N) is 2. The van der Waals surface area contributed by atoms with E-state index in [4.69, 9.17) is 4.74 Å². The van der Waals surface area contributed by atoms with E-state index in [9.17, 15) is 5.11 Å². The Hall–Kier alpha value is -1.46. The number of rotatable bonds is 4. The van der Waals surface area contributed by atoms with Crippen molar-refractivity contribution >= 4 is 11.8 Å². The molecule has 0 saturated carbocycles. The Morgan fingerprint density at radius 2 is 2.00 bits per heavy atom. The standard InChI is InChI=1S/C13H16N2O2S/c1-9-12(8-16)13(15(2)14-9)17-10-4-6-11(18-3)7-5-10/h4-7,16H,8H2,1-3H3. The van der Waals surface area contributed by atoms with Crippen molar-refractivity contribution in [3.63, 3.8) is 0 Å². The van der Waals surface area contributed by atoms with E-state index in [-0.39, 0.29) is 6.61 Å². The van der Waals surface area contributed by atoms with Gasteiger partial charge in [0, 0.05) is 11.9 Å². The number of ether oxygens (including phenoxy) is 1. The van der Waals surface area contributed by atoms with E-state index >= 15 is 0 Å². The van der Waals surface area contributed by atoms with Crippen LogP contribution in [0, 0.1) is 6.92 Å². The van der Waals surface area contributed by atoms with Gasteiger partial charge in [0.15, 0.2) is 0 Å². The SMILES string of the molecule is CSc1ccc(Oc2c(CO)c(C)nn2C)cc1. The van der Waals surface area contributed by atoms with Crippen molar-refractivity contribution in [2.24, 2.45) is 7.05 Å². The molecule has 0 aliphatic rings. The van der Waals surface area contributed by atoms with Gasteiger partial charge in [0.2, 0.25) is 5.88 Å². The molecule has 0 amide bonds. The van der Waals surface area contributed by atoms with Crippen LogP contribution >= 0.6 is 11.8 Å². The van der Waals surface area contributed by atoms with Crippen LogP contribution in [0.25, 0.3) is 0 Å². The second-order valence-corrected chi connectivity index (χ2v) is 4.81. The van der Waals surface area contributed by atoms with E-state index in [1.165, 1.54) is 4.90 Å². The second kappa shape index (κ2) is 5.46. The summed E-state index contributed by atoms with van der Waals surface area (Å²) in [6, 6.07) is 7.83. The molecule has 1 aromatic carbocycles. The molecule has 2 aromatic rings. The highest BCUT2D eigenvalue weighted by Gasteiger charge is 2.14. The summed E-state index contributed by atoms with van der Waals surface area (Å²) in [6.07, 6.45) is 2.03. The van der Waals surface area contributed by atoms with Crippen molar-refractivity contribution < 1.29 is 9.84 Å². The van der Waals surface area contributed by atoms with Gasteiger partial charge in [-0.05, 0) is 37.4 Å². The summed E-state index contributed by atoms with van der Waals surface area (Å²) >= 11 is 1.69. The zero-order valence-electron chi connectivity index (χ0n) is 10.7. The van der Waals surface area contributed by atoms with Gasteiger partial charge in [-0.1, -0.05) is 0 Å². The van der Waals surface area contributed by atoms with Crippen LogP contribution in [0.1, 0.15) is 11.3 Å². The van der Waals surface area contributed by atoms with Crippen LogP contribution in [0.4, 0.5) is 0 Å². The monoisotopic (exact) mass is 264 g/mol. The Kier molecular flexibility index (Phi) is 3.93. The van der Waals surface area contributed by atoms with Gasteiger partial charge in [0.1, 0.15) is 5.75 Å². The molecule has 0 aliphatic carbocycles. The van der Waals surface area contributed by atoms with Crippen LogP contribution in [-0.4, -0.2) is 21.1 Å². The van der Waals surface area contributed by atoms with Crippen LogP contribution in [0.3, 0.4) is 0 Å². The third-order valence-electron chi connectivity index (χ3n) is 2.72. The maximum absolute atomic E-state index is 9.34. The number of hydrogen-bond acceptors (Lipinski definition) is 4. The molecule has 18 heavy (non-hydrogen) atoms. The van der Waals surface area contributed by atoms with Crippen molar-refractivity contribution in [2.45, 2.75) is 18.4 Å². The zero-order chi connectivity index (χ0) is 13.1. The molecule has 96 valence electrons. The van der Waals surface area contributed by atoms with Crippen LogP contribution in [0.5, 0.6) is 11.6 Å². The lowest BCUT2D eigenvalue weighted by molar-refractivity contribution is 0.274. The molecule has 0 spiro atoms. The molecular formula is C13H16N2O2S. The van der Waals surface area contributed by atoms with Crippen molar-refractivity contribution in [1.29, 1.82) is 0 Å². The van der Waals surface area contributed by atoms with Gasteiger partial charge in [-0.3, -0.25) is 0 Å². The van der Waals surface area contributed by atoms with Gasteiger partial charge in [0.25, 0.3) is 0 Å². The lowest BCUT2D eigenvalue weighted by atomic mass is 10.2. The fraction of sp³-hybridized carbons (Fsp3) is 0.308. The minimum absolute atomic E-state index is 0.0715. The molecular weight excluding hydrogens is 248 g/mol. The first kappa shape index (κ1) is 13.0. The van der Waals surface area contributed by atoms with E-state index in [1.807, 2.05) is 37.4 Å². The molecule has 0 bridgehead atoms. The number of hydrogen-bond donors (Lipinski definition) is 1. The van der Waals surface area contributed by atoms with Gasteiger partial charge < -0.3 is 9.84 Å². The van der Waals surface area contributed by atoms with Gasteiger partial charge in [-0.15, -0.1) is 11.8 Å². The Balaban J connectivity index is 2.27. The smallest absolute Gasteiger partial charge is 0.223 e. The van der Waals surface area contributed by atoms with Crippen LogP contribution in [-0.2, 0) is 13.7 Å². The molecule has 1 aromatic heterocycles. The van der Waals surface area contributed by atoms with Crippen molar-refractivity contribution in [1.82, 2.24) is 9.78 Å². The number of aliphatic hydroxyl groups excluding tert-OH is 1. The quantitative estimate of drug-likeness (QED) is 0.863. The zero-order valence-corrected chi connectivity index (χ0v) is 11.5. The molecule has 1 heterocycles. The molecule has 2 rings (SSSR count). The Bertz CT molecular complexity index is 535. The van der Waals surface area contributed by atoms with E-state index in [1.54, 1.807) is 23.5 Å². The minimum Gasteiger partial charge on any atom is -0.439 e. The van der Waals surface area contributed by atoms with Gasteiger partial charge in [0.05, 0.1) is 17.9 Å². The molecule has 1 N–H and O–H groups in total. The first-order valence-corrected chi connectivity index (χ1v) is 6.83. The average Bonchev–Trinajstić information content (AvgIpc) is 2.64. The number of aryl methyl sites for hydroxylation is 2. The number of thioether (sulfide) groups is 1. The maximum atomic E-state index is 9.34. The summed E-state index contributed by atoms with van der Waals surface area (Å²) in [5.74, 6) is 1.33. The maximum Gasteiger partial charge on any atom is 0.223 e. The summed E-state index contributed by atoms with van der Waals surface area (Å²) in [6.45, 7) is 1.78. The van der Waals surface area contributed by atoms with Crippen LogP contribution in [0.15, 0.2) is 29.2 Å². The third kappa shape index (κ3) is 2.52. The molecule has 0 radical (unpaired) electrons. The highest BCUT2D eigenvalue weighted by atomic mass is 32.2. The summed E-state index contributed by atoms with van der Waals surface area (Å²) < 4.78 is 7.42. The summed E-state index contributed by atoms with van der Waals surface area (Å²) in [5, 5.41) is 13.6. The second-order valence-electron chi connectivity index (χ2n) is 3.93. The van der Waals surface area contributed by atoms with E-state index in [0.717, 1.165) is 17.0 Å². The largest absolute Gasteiger partial charge is 0.439 e. The fourth-order valence-corrected chi connectivity index (χ4v) is 2.15. The molecule has 4 nitrogen and oxygen atoms in total. The first-order valence-electron chi connectivity index (χ1n) is 5.61. The predicted octanol–water partition coefficient (Wildman–Crippen LogP) is 2.74. The average molecular weight is 264 g/mol. The van der Waals surface area contributed by atoms with E-state index < -0.39 is 0 Å². The van der Waals surface area contributed by atoms with E-state index in [0.29, 0.717) is 5.88 Å². The Labute approximate surface area is 111 Å². The van der Waals surface area contributed by atoms with Crippen molar-refractivity contribution in [3.05, 3.63) is 35.5 Å². The lowest BCUT2D eigenvalue weighted by Gasteiger charge is -2.08. The lowest BCUT2D eigenvalue weighted by Crippen LogP contribution is -1.97. The summed E-state index contributed by atoms with van der Waals surface area (Å²) in [4.78, 5) is 1.19. The molecule has 0 unspecified atom stereocenters. The van der Waals surface area contributed by atoms with Gasteiger partial charge >= 0.3 is 0 Å². The number of benzene rings is 1. The summed E-state index contributed by atoms with van der Waals surface area (Å²) in [7, 11) is 1.80. The highest BCUT2D eigenvalue weighted by Crippen LogP contribution is 2.28. The third-order valence-corrected chi connectivity index (χ3v) is 3.46. The Morgan fingerprint density at radius 1 is 1.33 bits per heavy atom. The number of aromatic nitrogens is 2. The summed E-state index contributed by atoms with van der Waals surface area (Å²) in [5.41, 5.74) is 1.52. The minimum atomic E-state index is -0.0715. The van der Waals surface area contributed by atoms with E-state index in [2.05, 4.69) is 5.10 Å². The normalized spacial score (nSPS) is 10.7. The molecule has 5 heteroatoms. The Morgan fingerprint density at radius 3 is 2.56 bits per heavy atom. The first-order chi connectivity index (χ1) is 8.65. The van der Waals surface area contributed by atoms with Crippen LogP contribution < -0.4 is 4.74 Å². The topological polar surface area (TPSA) is 47.3 Å². The van der Waals surface area contributed by atoms with Crippen molar-refractivity contribution in [3.8, 4) is 11.6 Å². The molecule has 0 fully saturated rings. The predicted molar refractivity (Wildman–Crippen MR) is 72.2 cm³/mol. The number of aliphatic hydroxyl groups is 1. The van der Waals surface area contributed by atoms with Crippen LogP contribution in [0.2, 0.25) is 0 Å². The fourth-order valence-electron chi connectivity index (χ4n) is 1.75. The highest BCUT2D eigenvalue weighted by molar-refractivity contribution is 7.98.